The molecule has 0 bridgehead atoms. The molecule has 0 aliphatic heterocycles. The van der Waals surface area contributed by atoms with Gasteiger partial charge in [0.15, 0.2) is 0 Å². The Morgan fingerprint density at radius 2 is 1.94 bits per heavy atom. The molecule has 0 radical (unpaired) electrons. The minimum atomic E-state index is 0.187. The summed E-state index contributed by atoms with van der Waals surface area (Å²) in [5, 5.41) is 3.45. The third-order valence-electron chi connectivity index (χ3n) is 2.69. The maximum Gasteiger partial charge on any atom is 0.106 e. The Morgan fingerprint density at radius 1 is 1.33 bits per heavy atom. The molecule has 18 heavy (non-hydrogen) atoms. The maximum atomic E-state index is 5.72. The van der Waals surface area contributed by atoms with Crippen LogP contribution in [0, 0.1) is 5.41 Å². The lowest BCUT2D eigenvalue weighted by atomic mass is 9.92. The molecule has 100 valence electrons. The first-order chi connectivity index (χ1) is 8.32. The first kappa shape index (κ1) is 14.9. The van der Waals surface area contributed by atoms with Crippen LogP contribution < -0.4 is 11.1 Å². The van der Waals surface area contributed by atoms with E-state index in [1.165, 1.54) is 0 Å². The van der Waals surface area contributed by atoms with Crippen LogP contribution in [-0.4, -0.2) is 37.1 Å². The molecule has 1 aromatic rings. The van der Waals surface area contributed by atoms with Gasteiger partial charge in [-0.3, -0.25) is 0 Å². The second-order valence-corrected chi connectivity index (χ2v) is 6.11. The van der Waals surface area contributed by atoms with E-state index >= 15 is 0 Å². The van der Waals surface area contributed by atoms with Crippen molar-refractivity contribution in [3.8, 4) is 0 Å². The highest BCUT2D eigenvalue weighted by Gasteiger charge is 2.19. The van der Waals surface area contributed by atoms with Gasteiger partial charge in [-0.2, -0.15) is 0 Å². The summed E-state index contributed by atoms with van der Waals surface area (Å²) in [5.74, 6) is 0. The summed E-state index contributed by atoms with van der Waals surface area (Å²) in [7, 11) is 4.18. The van der Waals surface area contributed by atoms with Gasteiger partial charge in [-0.25, -0.2) is 0 Å². The standard InChI is InChI=1S/C14H23N3S/c1-14(2,10-17(3)4)9-16-12-8-6-5-7-11(12)13(15)18/h5-8,16H,9-10H2,1-4H3,(H2,15,18). The van der Waals surface area contributed by atoms with E-state index in [1.54, 1.807) is 0 Å². The number of nitrogens with zero attached hydrogens (tertiary/aromatic N) is 1. The molecule has 0 saturated heterocycles. The van der Waals surface area contributed by atoms with Crippen LogP contribution in [0.15, 0.2) is 24.3 Å². The minimum absolute atomic E-state index is 0.187. The van der Waals surface area contributed by atoms with E-state index in [9.17, 15) is 0 Å². The zero-order valence-electron chi connectivity index (χ0n) is 11.7. The molecule has 1 rings (SSSR count). The van der Waals surface area contributed by atoms with E-state index in [1.807, 2.05) is 24.3 Å². The lowest BCUT2D eigenvalue weighted by molar-refractivity contribution is 0.254. The van der Waals surface area contributed by atoms with Gasteiger partial charge in [0.2, 0.25) is 0 Å². The smallest absolute Gasteiger partial charge is 0.106 e. The molecule has 0 atom stereocenters. The van der Waals surface area contributed by atoms with Crippen LogP contribution in [0.5, 0.6) is 0 Å². The van der Waals surface area contributed by atoms with Crippen LogP contribution in [0.2, 0.25) is 0 Å². The van der Waals surface area contributed by atoms with Crippen LogP contribution in [0.4, 0.5) is 5.69 Å². The molecule has 0 aromatic heterocycles. The molecule has 0 aliphatic carbocycles. The van der Waals surface area contributed by atoms with Crippen LogP contribution >= 0.6 is 12.2 Å². The maximum absolute atomic E-state index is 5.72. The summed E-state index contributed by atoms with van der Waals surface area (Å²) < 4.78 is 0. The van der Waals surface area contributed by atoms with Gasteiger partial charge in [-0.15, -0.1) is 0 Å². The summed E-state index contributed by atoms with van der Waals surface area (Å²) in [5.41, 5.74) is 7.83. The van der Waals surface area contributed by atoms with E-state index in [0.29, 0.717) is 4.99 Å². The molecule has 1 aromatic carbocycles. The summed E-state index contributed by atoms with van der Waals surface area (Å²) in [6.07, 6.45) is 0. The van der Waals surface area contributed by atoms with Crippen molar-refractivity contribution in [2.24, 2.45) is 11.1 Å². The third-order valence-corrected chi connectivity index (χ3v) is 2.91. The highest BCUT2D eigenvalue weighted by molar-refractivity contribution is 7.80. The Kier molecular flexibility index (Phi) is 5.11. The van der Waals surface area contributed by atoms with E-state index < -0.39 is 0 Å². The van der Waals surface area contributed by atoms with Gasteiger partial charge >= 0.3 is 0 Å². The number of benzene rings is 1. The van der Waals surface area contributed by atoms with Crippen molar-refractivity contribution >= 4 is 22.9 Å². The lowest BCUT2D eigenvalue weighted by Crippen LogP contribution is -2.34. The predicted octanol–water partition coefficient (Wildman–Crippen LogP) is 2.32. The second kappa shape index (κ2) is 6.16. The second-order valence-electron chi connectivity index (χ2n) is 5.67. The van der Waals surface area contributed by atoms with E-state index in [2.05, 4.69) is 38.2 Å². The number of hydrogen-bond donors (Lipinski definition) is 2. The Morgan fingerprint density at radius 3 is 2.50 bits per heavy atom. The molecule has 3 nitrogen and oxygen atoms in total. The topological polar surface area (TPSA) is 41.3 Å². The summed E-state index contributed by atoms with van der Waals surface area (Å²) in [6, 6.07) is 7.90. The van der Waals surface area contributed by atoms with Gasteiger partial charge in [0.25, 0.3) is 0 Å². The number of thiocarbonyl (C=S) groups is 1. The van der Waals surface area contributed by atoms with Gasteiger partial charge in [-0.1, -0.05) is 38.2 Å². The molecule has 0 unspecified atom stereocenters. The molecule has 3 N–H and O–H groups in total. The van der Waals surface area contributed by atoms with E-state index in [-0.39, 0.29) is 5.41 Å². The summed E-state index contributed by atoms with van der Waals surface area (Å²) in [4.78, 5) is 2.63. The van der Waals surface area contributed by atoms with Crippen molar-refractivity contribution < 1.29 is 0 Å². The SMILES string of the molecule is CN(C)CC(C)(C)CNc1ccccc1C(N)=S. The van der Waals surface area contributed by atoms with E-state index in [0.717, 1.165) is 24.3 Å². The van der Waals surface area contributed by atoms with Crippen LogP contribution in [0.3, 0.4) is 0 Å². The fraction of sp³-hybridized carbons (Fsp3) is 0.500. The minimum Gasteiger partial charge on any atom is -0.389 e. The molecular formula is C14H23N3S. The van der Waals surface area contributed by atoms with Gasteiger partial charge in [0, 0.05) is 24.3 Å². The number of nitrogens with two attached hydrogens (primary N) is 1. The number of rotatable bonds is 6. The Balaban J connectivity index is 2.71. The molecular weight excluding hydrogens is 242 g/mol. The van der Waals surface area contributed by atoms with Crippen LogP contribution in [-0.2, 0) is 0 Å². The number of hydrogen-bond acceptors (Lipinski definition) is 3. The van der Waals surface area contributed by atoms with Gasteiger partial charge in [0.1, 0.15) is 4.99 Å². The van der Waals surface area contributed by atoms with Crippen molar-refractivity contribution in [3.63, 3.8) is 0 Å². The van der Waals surface area contributed by atoms with Crippen molar-refractivity contribution in [3.05, 3.63) is 29.8 Å². The van der Waals surface area contributed by atoms with Crippen LogP contribution in [0.1, 0.15) is 19.4 Å². The molecule has 4 heteroatoms. The summed E-state index contributed by atoms with van der Waals surface area (Å²) >= 11 is 5.06. The highest BCUT2D eigenvalue weighted by Crippen LogP contribution is 2.20. The van der Waals surface area contributed by atoms with Crippen molar-refractivity contribution in [1.29, 1.82) is 0 Å². The molecule has 0 aliphatic rings. The third kappa shape index (κ3) is 4.63. The first-order valence-corrected chi connectivity index (χ1v) is 6.50. The van der Waals surface area contributed by atoms with Crippen molar-refractivity contribution in [2.75, 3.05) is 32.5 Å². The van der Waals surface area contributed by atoms with Crippen molar-refractivity contribution in [1.82, 2.24) is 4.90 Å². The van der Waals surface area contributed by atoms with Crippen molar-refractivity contribution in [2.45, 2.75) is 13.8 Å². The summed E-state index contributed by atoms with van der Waals surface area (Å²) in [6.45, 7) is 6.38. The number of nitrogens with one attached hydrogen (secondary N) is 1. The van der Waals surface area contributed by atoms with Gasteiger partial charge in [-0.05, 0) is 31.6 Å². The Labute approximate surface area is 115 Å². The molecule has 0 heterocycles. The highest BCUT2D eigenvalue weighted by atomic mass is 32.1. The Bertz CT molecular complexity index is 413. The van der Waals surface area contributed by atoms with Crippen LogP contribution in [0.25, 0.3) is 0 Å². The average molecular weight is 265 g/mol. The predicted molar refractivity (Wildman–Crippen MR) is 83.2 cm³/mol. The largest absolute Gasteiger partial charge is 0.389 e. The molecule has 0 spiro atoms. The molecule has 0 saturated carbocycles. The Hall–Kier alpha value is -1.13. The first-order valence-electron chi connectivity index (χ1n) is 6.09. The van der Waals surface area contributed by atoms with Gasteiger partial charge < -0.3 is 16.0 Å². The molecule has 0 amide bonds. The fourth-order valence-corrected chi connectivity index (χ4v) is 2.28. The van der Waals surface area contributed by atoms with E-state index in [4.69, 9.17) is 18.0 Å². The number of para-hydroxylation sites is 1. The lowest BCUT2D eigenvalue weighted by Gasteiger charge is -2.29. The normalized spacial score (nSPS) is 11.6. The zero-order chi connectivity index (χ0) is 13.8. The quantitative estimate of drug-likeness (QED) is 0.775. The molecule has 0 fully saturated rings. The zero-order valence-corrected chi connectivity index (χ0v) is 12.5. The number of anilines is 1. The fourth-order valence-electron chi connectivity index (χ4n) is 2.10. The van der Waals surface area contributed by atoms with Gasteiger partial charge in [0.05, 0.1) is 0 Å². The monoisotopic (exact) mass is 265 g/mol. The average Bonchev–Trinajstić information content (AvgIpc) is 2.25.